The summed E-state index contributed by atoms with van der Waals surface area (Å²) < 4.78 is 2.57. The molecular weight excluding hydrogens is 241 g/mol. The third-order valence-corrected chi connectivity index (χ3v) is 2.67. The van der Waals surface area contributed by atoms with Crippen LogP contribution >= 0.6 is 27.5 Å². The molecule has 0 atom stereocenters. The van der Waals surface area contributed by atoms with Gasteiger partial charge in [0.1, 0.15) is 5.52 Å². The van der Waals surface area contributed by atoms with Gasteiger partial charge in [-0.25, -0.2) is 9.97 Å². The molecule has 62 valence electrons. The zero-order valence-electron chi connectivity index (χ0n) is 6.25. The normalized spacial score (nSPS) is 10.9. The third kappa shape index (κ3) is 1.03. The molecule has 12 heavy (non-hydrogen) atoms. The molecule has 0 aliphatic heterocycles. The smallest absolute Gasteiger partial charge is 0.179 e. The Hall–Kier alpha value is -0.610. The molecule has 2 aromatic heterocycles. The van der Waals surface area contributed by atoms with E-state index in [0.717, 1.165) is 15.9 Å². The Kier molecular flexibility index (Phi) is 1.81. The molecule has 0 spiro atoms. The number of fused-ring (bicyclic) bond motifs is 1. The molecule has 0 unspecified atom stereocenters. The maximum atomic E-state index is 5.91. The number of pyridine rings is 1. The van der Waals surface area contributed by atoms with E-state index in [-0.39, 0.29) is 0 Å². The van der Waals surface area contributed by atoms with Crippen LogP contribution in [0.1, 0.15) is 0 Å². The van der Waals surface area contributed by atoms with Crippen LogP contribution in [0.15, 0.2) is 17.0 Å². The molecule has 0 N–H and O–H groups in total. The van der Waals surface area contributed by atoms with Crippen molar-refractivity contribution in [3.05, 3.63) is 22.0 Å². The number of hydrogen-bond donors (Lipinski definition) is 0. The van der Waals surface area contributed by atoms with Crippen molar-refractivity contribution < 1.29 is 0 Å². The minimum atomic E-state index is 0.626. The van der Waals surface area contributed by atoms with Gasteiger partial charge in [-0.3, -0.25) is 0 Å². The maximum absolute atomic E-state index is 5.91. The van der Waals surface area contributed by atoms with Crippen molar-refractivity contribution in [1.29, 1.82) is 0 Å². The van der Waals surface area contributed by atoms with Gasteiger partial charge < -0.3 is 4.57 Å². The van der Waals surface area contributed by atoms with Crippen LogP contribution in [-0.2, 0) is 7.05 Å². The van der Waals surface area contributed by atoms with Crippen LogP contribution in [0.5, 0.6) is 0 Å². The molecule has 0 amide bonds. The van der Waals surface area contributed by atoms with Crippen molar-refractivity contribution >= 4 is 38.7 Å². The van der Waals surface area contributed by atoms with E-state index in [1.165, 1.54) is 0 Å². The van der Waals surface area contributed by atoms with Gasteiger partial charge in [0, 0.05) is 13.2 Å². The van der Waals surface area contributed by atoms with Crippen LogP contribution in [0.3, 0.4) is 0 Å². The lowest BCUT2D eigenvalue weighted by Crippen LogP contribution is -1.88. The van der Waals surface area contributed by atoms with E-state index >= 15 is 0 Å². The fourth-order valence-corrected chi connectivity index (χ4v) is 1.55. The number of imidazole rings is 1. The Morgan fingerprint density at radius 2 is 2.33 bits per heavy atom. The van der Waals surface area contributed by atoms with E-state index in [2.05, 4.69) is 25.9 Å². The standard InChI is InChI=1S/C7H5BrClN3/c1-12-6-5(11-7(12)8)4(9)2-3-10-6/h2-3H,1H3. The molecule has 2 aromatic rings. The molecule has 0 saturated carbocycles. The van der Waals surface area contributed by atoms with Gasteiger partial charge in [0.25, 0.3) is 0 Å². The number of aryl methyl sites for hydroxylation is 1. The molecular formula is C7H5BrClN3. The Morgan fingerprint density at radius 1 is 1.58 bits per heavy atom. The highest BCUT2D eigenvalue weighted by atomic mass is 79.9. The number of nitrogens with zero attached hydrogens (tertiary/aromatic N) is 3. The van der Waals surface area contributed by atoms with Gasteiger partial charge in [-0.05, 0) is 22.0 Å². The lowest BCUT2D eigenvalue weighted by atomic mass is 10.4. The Bertz CT molecular complexity index is 437. The molecule has 3 nitrogen and oxygen atoms in total. The largest absolute Gasteiger partial charge is 0.306 e. The van der Waals surface area contributed by atoms with Crippen LogP contribution in [0, 0.1) is 0 Å². The molecule has 2 rings (SSSR count). The molecule has 0 fully saturated rings. The monoisotopic (exact) mass is 245 g/mol. The topological polar surface area (TPSA) is 30.7 Å². The van der Waals surface area contributed by atoms with Gasteiger partial charge in [0.2, 0.25) is 0 Å². The lowest BCUT2D eigenvalue weighted by Gasteiger charge is -1.93. The first-order valence-electron chi connectivity index (χ1n) is 3.32. The molecule has 0 aliphatic rings. The van der Waals surface area contributed by atoms with E-state index in [4.69, 9.17) is 11.6 Å². The van der Waals surface area contributed by atoms with Crippen LogP contribution in [0.2, 0.25) is 5.02 Å². The summed E-state index contributed by atoms with van der Waals surface area (Å²) >= 11 is 9.20. The van der Waals surface area contributed by atoms with Crippen molar-refractivity contribution in [2.75, 3.05) is 0 Å². The zero-order valence-corrected chi connectivity index (χ0v) is 8.59. The van der Waals surface area contributed by atoms with E-state index in [1.54, 1.807) is 12.3 Å². The number of halogens is 2. The second-order valence-corrected chi connectivity index (χ2v) is 3.52. The van der Waals surface area contributed by atoms with Gasteiger partial charge in [-0.2, -0.15) is 0 Å². The Morgan fingerprint density at radius 3 is 3.00 bits per heavy atom. The first-order chi connectivity index (χ1) is 5.70. The molecule has 5 heteroatoms. The third-order valence-electron chi connectivity index (χ3n) is 1.65. The highest BCUT2D eigenvalue weighted by Crippen LogP contribution is 2.22. The van der Waals surface area contributed by atoms with Crippen LogP contribution in [0.4, 0.5) is 0 Å². The fourth-order valence-electron chi connectivity index (χ4n) is 1.02. The molecule has 0 radical (unpaired) electrons. The summed E-state index contributed by atoms with van der Waals surface area (Å²) in [6.07, 6.45) is 1.67. The summed E-state index contributed by atoms with van der Waals surface area (Å²) in [7, 11) is 1.88. The first-order valence-corrected chi connectivity index (χ1v) is 4.49. The first kappa shape index (κ1) is 8.01. The lowest BCUT2D eigenvalue weighted by molar-refractivity contribution is 0.898. The van der Waals surface area contributed by atoms with Crippen molar-refractivity contribution in [2.45, 2.75) is 0 Å². The molecule has 0 aromatic carbocycles. The van der Waals surface area contributed by atoms with Crippen LogP contribution < -0.4 is 0 Å². The SMILES string of the molecule is Cn1c(Br)nc2c(Cl)ccnc21. The van der Waals surface area contributed by atoms with Gasteiger partial charge in [-0.15, -0.1) is 0 Å². The predicted octanol–water partition coefficient (Wildman–Crippen LogP) is 2.38. The van der Waals surface area contributed by atoms with Crippen molar-refractivity contribution in [3.8, 4) is 0 Å². The van der Waals surface area contributed by atoms with Crippen LogP contribution in [0.25, 0.3) is 11.2 Å². The second-order valence-electron chi connectivity index (χ2n) is 2.40. The van der Waals surface area contributed by atoms with Crippen LogP contribution in [-0.4, -0.2) is 14.5 Å². The average Bonchev–Trinajstić information content (AvgIpc) is 2.32. The summed E-state index contributed by atoms with van der Waals surface area (Å²) in [5, 5.41) is 0.626. The van der Waals surface area contributed by atoms with E-state index in [9.17, 15) is 0 Å². The quantitative estimate of drug-likeness (QED) is 0.714. The van der Waals surface area contributed by atoms with Gasteiger partial charge in [0.05, 0.1) is 5.02 Å². The van der Waals surface area contributed by atoms with E-state index in [1.807, 2.05) is 11.6 Å². The summed E-state index contributed by atoms with van der Waals surface area (Å²) in [5.41, 5.74) is 1.52. The Labute approximate surface area is 82.5 Å². The fraction of sp³-hybridized carbons (Fsp3) is 0.143. The molecule has 2 heterocycles. The zero-order chi connectivity index (χ0) is 8.72. The van der Waals surface area contributed by atoms with Crippen molar-refractivity contribution in [2.24, 2.45) is 7.05 Å². The van der Waals surface area contributed by atoms with Crippen molar-refractivity contribution in [3.63, 3.8) is 0 Å². The molecule has 0 saturated heterocycles. The van der Waals surface area contributed by atoms with Crippen molar-refractivity contribution in [1.82, 2.24) is 14.5 Å². The second kappa shape index (κ2) is 2.71. The minimum Gasteiger partial charge on any atom is -0.306 e. The summed E-state index contributed by atoms with van der Waals surface area (Å²) in [4.78, 5) is 8.35. The summed E-state index contributed by atoms with van der Waals surface area (Å²) in [6, 6.07) is 1.73. The van der Waals surface area contributed by atoms with Gasteiger partial charge in [0.15, 0.2) is 10.4 Å². The molecule has 0 bridgehead atoms. The Balaban J connectivity index is 2.95. The average molecular weight is 246 g/mol. The molecule has 0 aliphatic carbocycles. The highest BCUT2D eigenvalue weighted by Gasteiger charge is 2.08. The summed E-state index contributed by atoms with van der Waals surface area (Å²) in [6.45, 7) is 0. The van der Waals surface area contributed by atoms with E-state index in [0.29, 0.717) is 5.02 Å². The summed E-state index contributed by atoms with van der Waals surface area (Å²) in [5.74, 6) is 0. The number of aromatic nitrogens is 3. The van der Waals surface area contributed by atoms with E-state index < -0.39 is 0 Å². The number of rotatable bonds is 0. The highest BCUT2D eigenvalue weighted by molar-refractivity contribution is 9.10. The van der Waals surface area contributed by atoms with Gasteiger partial charge >= 0.3 is 0 Å². The minimum absolute atomic E-state index is 0.626. The van der Waals surface area contributed by atoms with Gasteiger partial charge in [-0.1, -0.05) is 11.6 Å². The maximum Gasteiger partial charge on any atom is 0.179 e. The number of hydrogen-bond acceptors (Lipinski definition) is 2. The predicted molar refractivity (Wildman–Crippen MR) is 51.2 cm³/mol.